The molecule has 29 heavy (non-hydrogen) atoms. The Kier molecular flexibility index (Phi) is 13.9. The first kappa shape index (κ1) is 25.2. The summed E-state index contributed by atoms with van der Waals surface area (Å²) in [6, 6.07) is 5.84. The molecule has 0 heterocycles. The summed E-state index contributed by atoms with van der Waals surface area (Å²) in [5, 5.41) is 0. The van der Waals surface area contributed by atoms with E-state index >= 15 is 0 Å². The third-order valence-corrected chi connectivity index (χ3v) is 4.95. The van der Waals surface area contributed by atoms with E-state index in [1.54, 1.807) is 0 Å². The molecule has 0 aliphatic rings. The highest BCUT2D eigenvalue weighted by molar-refractivity contribution is 5.72. The van der Waals surface area contributed by atoms with Crippen LogP contribution in [0.25, 0.3) is 0 Å². The number of ether oxygens (including phenoxy) is 2. The molecule has 0 atom stereocenters. The number of hydrogen-bond acceptors (Lipinski definition) is 4. The van der Waals surface area contributed by atoms with Crippen molar-refractivity contribution in [2.75, 3.05) is 6.61 Å². The van der Waals surface area contributed by atoms with Gasteiger partial charge >= 0.3 is 11.9 Å². The van der Waals surface area contributed by atoms with E-state index < -0.39 is 0 Å². The van der Waals surface area contributed by atoms with Crippen molar-refractivity contribution in [3.63, 3.8) is 0 Å². The topological polar surface area (TPSA) is 52.6 Å². The van der Waals surface area contributed by atoms with Crippen molar-refractivity contribution in [3.05, 3.63) is 29.3 Å². The molecule has 1 aromatic carbocycles. The molecule has 0 spiro atoms. The van der Waals surface area contributed by atoms with Gasteiger partial charge in [0, 0.05) is 12.8 Å². The summed E-state index contributed by atoms with van der Waals surface area (Å²) < 4.78 is 10.7. The second-order valence-electron chi connectivity index (χ2n) is 8.05. The zero-order chi connectivity index (χ0) is 21.3. The lowest BCUT2D eigenvalue weighted by molar-refractivity contribution is -0.144. The molecule has 1 rings (SSSR count). The maximum atomic E-state index is 11.9. The predicted octanol–water partition coefficient (Wildman–Crippen LogP) is 6.84. The second kappa shape index (κ2) is 16.0. The average Bonchev–Trinajstić information content (AvgIpc) is 2.65. The van der Waals surface area contributed by atoms with Crippen LogP contribution >= 0.6 is 0 Å². The molecule has 0 amide bonds. The first-order valence-electron chi connectivity index (χ1n) is 11.5. The third kappa shape index (κ3) is 13.9. The molecule has 4 nitrogen and oxygen atoms in total. The van der Waals surface area contributed by atoms with Crippen LogP contribution in [0.1, 0.15) is 102 Å². The summed E-state index contributed by atoms with van der Waals surface area (Å²) in [7, 11) is 0. The van der Waals surface area contributed by atoms with Gasteiger partial charge in [0.25, 0.3) is 0 Å². The Bertz CT molecular complexity index is 574. The molecule has 164 valence electrons. The first-order valence-corrected chi connectivity index (χ1v) is 11.5. The van der Waals surface area contributed by atoms with E-state index in [2.05, 4.69) is 13.0 Å². The van der Waals surface area contributed by atoms with Gasteiger partial charge in [-0.1, -0.05) is 64.4 Å². The Balaban J connectivity index is 1.94. The van der Waals surface area contributed by atoms with Crippen LogP contribution in [0.3, 0.4) is 0 Å². The molecule has 1 aromatic rings. The fraction of sp³-hybridized carbons (Fsp3) is 0.680. The number of rotatable bonds is 16. The van der Waals surface area contributed by atoms with E-state index in [0.717, 1.165) is 62.5 Å². The Hall–Kier alpha value is -1.84. The molecular weight excluding hydrogens is 364 g/mol. The molecular formula is C25H40O4. The number of carbonyl (C=O) groups is 2. The molecule has 4 heteroatoms. The van der Waals surface area contributed by atoms with Crippen molar-refractivity contribution < 1.29 is 19.1 Å². The summed E-state index contributed by atoms with van der Waals surface area (Å²) >= 11 is 0. The minimum absolute atomic E-state index is 0.0605. The fourth-order valence-electron chi connectivity index (χ4n) is 3.38. The fourth-order valence-corrected chi connectivity index (χ4v) is 3.38. The van der Waals surface area contributed by atoms with E-state index in [0.29, 0.717) is 25.2 Å². The first-order chi connectivity index (χ1) is 14.0. The smallest absolute Gasteiger partial charge is 0.311 e. The zero-order valence-corrected chi connectivity index (χ0v) is 18.8. The lowest BCUT2D eigenvalue weighted by atomic mass is 10.1. The molecule has 0 radical (unpaired) electrons. The molecule has 0 aromatic heterocycles. The summed E-state index contributed by atoms with van der Waals surface area (Å²) in [6.45, 7) is 6.76. The van der Waals surface area contributed by atoms with Gasteiger partial charge in [0.05, 0.1) is 6.61 Å². The normalized spacial score (nSPS) is 10.7. The van der Waals surface area contributed by atoms with E-state index in [1.165, 1.54) is 19.3 Å². The van der Waals surface area contributed by atoms with Crippen molar-refractivity contribution in [1.29, 1.82) is 0 Å². The van der Waals surface area contributed by atoms with Crippen LogP contribution in [0.2, 0.25) is 0 Å². The lowest BCUT2D eigenvalue weighted by Gasteiger charge is -2.07. The molecule has 0 fully saturated rings. The predicted molar refractivity (Wildman–Crippen MR) is 118 cm³/mol. The molecule has 0 saturated heterocycles. The Morgan fingerprint density at radius 3 is 1.83 bits per heavy atom. The van der Waals surface area contributed by atoms with Gasteiger partial charge in [-0.15, -0.1) is 0 Å². The largest absolute Gasteiger partial charge is 0.466 e. The SMILES string of the molecule is CCCCCCCOC(=O)CCCCCCCCC(=O)Oc1cc(C)cc(C)c1. The number of esters is 2. The summed E-state index contributed by atoms with van der Waals surface area (Å²) in [4.78, 5) is 23.6. The minimum Gasteiger partial charge on any atom is -0.466 e. The highest BCUT2D eigenvalue weighted by atomic mass is 16.5. The van der Waals surface area contributed by atoms with Gasteiger partial charge < -0.3 is 9.47 Å². The van der Waals surface area contributed by atoms with Crippen LogP contribution in [0, 0.1) is 13.8 Å². The van der Waals surface area contributed by atoms with Gasteiger partial charge in [-0.05, 0) is 56.4 Å². The molecule has 0 aliphatic heterocycles. The molecule has 0 N–H and O–H groups in total. The van der Waals surface area contributed by atoms with Gasteiger partial charge in [-0.3, -0.25) is 9.59 Å². The standard InChI is InChI=1S/C25H40O4/c1-4-5-6-11-14-17-28-24(26)15-12-9-7-8-10-13-16-25(27)29-23-19-21(2)18-22(3)20-23/h18-20H,4-17H2,1-3H3. The van der Waals surface area contributed by atoms with Crippen molar-refractivity contribution in [2.45, 2.75) is 104 Å². The summed E-state index contributed by atoms with van der Waals surface area (Å²) in [5.74, 6) is 0.419. The van der Waals surface area contributed by atoms with Crippen LogP contribution in [0.5, 0.6) is 5.75 Å². The summed E-state index contributed by atoms with van der Waals surface area (Å²) in [6.07, 6.45) is 12.8. The average molecular weight is 405 g/mol. The Morgan fingerprint density at radius 1 is 0.690 bits per heavy atom. The Morgan fingerprint density at radius 2 is 1.21 bits per heavy atom. The zero-order valence-electron chi connectivity index (χ0n) is 18.8. The number of unbranched alkanes of at least 4 members (excludes halogenated alkanes) is 9. The van der Waals surface area contributed by atoms with Crippen molar-refractivity contribution in [1.82, 2.24) is 0 Å². The highest BCUT2D eigenvalue weighted by Crippen LogP contribution is 2.17. The van der Waals surface area contributed by atoms with Crippen LogP contribution in [-0.4, -0.2) is 18.5 Å². The quantitative estimate of drug-likeness (QED) is 0.172. The van der Waals surface area contributed by atoms with Crippen molar-refractivity contribution >= 4 is 11.9 Å². The van der Waals surface area contributed by atoms with Crippen LogP contribution in [0.4, 0.5) is 0 Å². The molecule has 0 bridgehead atoms. The number of carbonyl (C=O) groups excluding carboxylic acids is 2. The summed E-state index contributed by atoms with van der Waals surface area (Å²) in [5.41, 5.74) is 2.20. The highest BCUT2D eigenvalue weighted by Gasteiger charge is 2.06. The maximum absolute atomic E-state index is 11.9. The minimum atomic E-state index is -0.160. The number of benzene rings is 1. The maximum Gasteiger partial charge on any atom is 0.311 e. The van der Waals surface area contributed by atoms with E-state index in [1.807, 2.05) is 26.0 Å². The van der Waals surface area contributed by atoms with Gasteiger partial charge in [0.1, 0.15) is 5.75 Å². The van der Waals surface area contributed by atoms with Gasteiger partial charge in [-0.2, -0.15) is 0 Å². The Labute approximate surface area is 177 Å². The molecule has 0 aliphatic carbocycles. The monoisotopic (exact) mass is 404 g/mol. The van der Waals surface area contributed by atoms with E-state index in [9.17, 15) is 9.59 Å². The van der Waals surface area contributed by atoms with Gasteiger partial charge in [0.2, 0.25) is 0 Å². The number of aryl methyl sites for hydroxylation is 2. The van der Waals surface area contributed by atoms with Crippen molar-refractivity contribution in [2.24, 2.45) is 0 Å². The van der Waals surface area contributed by atoms with Crippen molar-refractivity contribution in [3.8, 4) is 5.75 Å². The van der Waals surface area contributed by atoms with Crippen LogP contribution in [-0.2, 0) is 14.3 Å². The van der Waals surface area contributed by atoms with Gasteiger partial charge in [0.15, 0.2) is 0 Å². The van der Waals surface area contributed by atoms with E-state index in [4.69, 9.17) is 9.47 Å². The third-order valence-electron chi connectivity index (χ3n) is 4.95. The second-order valence-corrected chi connectivity index (χ2v) is 8.05. The molecule has 0 unspecified atom stereocenters. The molecule has 0 saturated carbocycles. The number of hydrogen-bond donors (Lipinski definition) is 0. The van der Waals surface area contributed by atoms with Crippen LogP contribution in [0.15, 0.2) is 18.2 Å². The van der Waals surface area contributed by atoms with Crippen LogP contribution < -0.4 is 4.74 Å². The van der Waals surface area contributed by atoms with Gasteiger partial charge in [-0.25, -0.2) is 0 Å². The lowest BCUT2D eigenvalue weighted by Crippen LogP contribution is -2.07. The van der Waals surface area contributed by atoms with E-state index in [-0.39, 0.29) is 11.9 Å².